The Hall–Kier alpha value is -1.19. The molecule has 0 fully saturated rings. The molecule has 0 aliphatic heterocycles. The van der Waals surface area contributed by atoms with Crippen LogP contribution in [-0.4, -0.2) is 9.97 Å². The first kappa shape index (κ1) is 9.07. The van der Waals surface area contributed by atoms with E-state index in [0.29, 0.717) is 0 Å². The number of thiophene rings is 1. The van der Waals surface area contributed by atoms with Crippen LogP contribution in [0, 0.1) is 6.92 Å². The zero-order valence-electron chi connectivity index (χ0n) is 7.99. The lowest BCUT2D eigenvalue weighted by Crippen LogP contribution is -1.82. The summed E-state index contributed by atoms with van der Waals surface area (Å²) in [4.78, 5) is 8.50. The second-order valence-corrected chi connectivity index (χ2v) is 4.87. The molecule has 74 valence electrons. The van der Waals surface area contributed by atoms with Crippen molar-refractivity contribution in [2.45, 2.75) is 6.92 Å². The van der Waals surface area contributed by atoms with E-state index in [1.54, 1.807) is 17.7 Å². The molecule has 0 atom stereocenters. The molecule has 0 aliphatic rings. The summed E-state index contributed by atoms with van der Waals surface area (Å²) < 4.78 is 2.35. The summed E-state index contributed by atoms with van der Waals surface area (Å²) in [6.45, 7) is 2.00. The van der Waals surface area contributed by atoms with Crippen molar-refractivity contribution in [1.82, 2.24) is 9.97 Å². The quantitative estimate of drug-likeness (QED) is 0.591. The summed E-state index contributed by atoms with van der Waals surface area (Å²) in [7, 11) is 0. The molecule has 0 amide bonds. The fourth-order valence-electron chi connectivity index (χ4n) is 1.66. The third kappa shape index (κ3) is 1.31. The van der Waals surface area contributed by atoms with Crippen LogP contribution < -0.4 is 0 Å². The zero-order chi connectivity index (χ0) is 10.4. The lowest BCUT2D eigenvalue weighted by Gasteiger charge is -1.92. The Morgan fingerprint density at radius 3 is 3.00 bits per heavy atom. The third-order valence-electron chi connectivity index (χ3n) is 2.39. The van der Waals surface area contributed by atoms with Crippen molar-refractivity contribution in [3.63, 3.8) is 0 Å². The maximum Gasteiger partial charge on any atom is 0.116 e. The predicted octanol–water partition coefficient (Wildman–Crippen LogP) is 3.81. The molecule has 0 spiro atoms. The van der Waals surface area contributed by atoms with Crippen molar-refractivity contribution in [3.05, 3.63) is 35.2 Å². The Balaban J connectivity index is 2.58. The number of hydrogen-bond acceptors (Lipinski definition) is 3. The highest BCUT2D eigenvalue weighted by Crippen LogP contribution is 2.34. The first-order chi connectivity index (χ1) is 7.25. The average molecular weight is 235 g/mol. The molecule has 0 unspecified atom stereocenters. The number of benzene rings is 1. The molecule has 0 aliphatic carbocycles. The highest BCUT2D eigenvalue weighted by molar-refractivity contribution is 7.25. The summed E-state index contributed by atoms with van der Waals surface area (Å²) in [5, 5.41) is 1.87. The van der Waals surface area contributed by atoms with Crippen molar-refractivity contribution < 1.29 is 0 Å². The fraction of sp³-hybridized carbons (Fsp3) is 0.0909. The standard InChI is InChI=1S/C11H7ClN2S/c1-6-11-10(14-5-13-6)8-4-7(12)2-3-9(8)15-11/h2-5H,1H3. The van der Waals surface area contributed by atoms with Gasteiger partial charge in [-0.3, -0.25) is 0 Å². The normalized spacial score (nSPS) is 11.3. The molecule has 0 saturated heterocycles. The predicted molar refractivity (Wildman–Crippen MR) is 64.7 cm³/mol. The van der Waals surface area contributed by atoms with Crippen molar-refractivity contribution in [3.8, 4) is 0 Å². The topological polar surface area (TPSA) is 25.8 Å². The molecular formula is C11H7ClN2S. The number of aryl methyl sites for hydroxylation is 1. The smallest absolute Gasteiger partial charge is 0.116 e. The highest BCUT2D eigenvalue weighted by atomic mass is 35.5. The molecule has 0 bridgehead atoms. The largest absolute Gasteiger partial charge is 0.240 e. The van der Waals surface area contributed by atoms with E-state index in [2.05, 4.69) is 9.97 Å². The van der Waals surface area contributed by atoms with E-state index in [9.17, 15) is 0 Å². The fourth-order valence-corrected chi connectivity index (χ4v) is 2.92. The highest BCUT2D eigenvalue weighted by Gasteiger charge is 2.08. The molecule has 3 aromatic rings. The van der Waals surface area contributed by atoms with E-state index >= 15 is 0 Å². The van der Waals surface area contributed by atoms with Gasteiger partial charge in [-0.2, -0.15) is 0 Å². The van der Waals surface area contributed by atoms with Gasteiger partial charge in [-0.15, -0.1) is 11.3 Å². The van der Waals surface area contributed by atoms with Crippen LogP contribution in [0.2, 0.25) is 5.02 Å². The van der Waals surface area contributed by atoms with Gasteiger partial charge >= 0.3 is 0 Å². The number of rotatable bonds is 0. The Labute approximate surface area is 95.5 Å². The lowest BCUT2D eigenvalue weighted by atomic mass is 10.2. The minimum absolute atomic E-state index is 0.749. The first-order valence-corrected chi connectivity index (χ1v) is 5.74. The van der Waals surface area contributed by atoms with Crippen molar-refractivity contribution >= 4 is 43.2 Å². The molecule has 2 aromatic heterocycles. The summed E-state index contributed by atoms with van der Waals surface area (Å²) in [5.74, 6) is 0. The molecule has 3 rings (SSSR count). The van der Waals surface area contributed by atoms with Gasteiger partial charge in [-0.05, 0) is 25.1 Å². The maximum atomic E-state index is 5.98. The molecule has 1 aromatic carbocycles. The monoisotopic (exact) mass is 234 g/mol. The molecule has 15 heavy (non-hydrogen) atoms. The zero-order valence-corrected chi connectivity index (χ0v) is 9.56. The van der Waals surface area contributed by atoms with Gasteiger partial charge in [0.2, 0.25) is 0 Å². The SMILES string of the molecule is Cc1ncnc2c1sc1ccc(Cl)cc12. The van der Waals surface area contributed by atoms with E-state index in [4.69, 9.17) is 11.6 Å². The van der Waals surface area contributed by atoms with Gasteiger partial charge in [-0.25, -0.2) is 9.97 Å². The molecule has 2 nitrogen and oxygen atoms in total. The molecule has 0 N–H and O–H groups in total. The Morgan fingerprint density at radius 1 is 1.27 bits per heavy atom. The molecule has 4 heteroatoms. The van der Waals surface area contributed by atoms with Crippen LogP contribution >= 0.6 is 22.9 Å². The van der Waals surface area contributed by atoms with E-state index in [-0.39, 0.29) is 0 Å². The Bertz CT molecular complexity index is 660. The maximum absolute atomic E-state index is 5.98. The van der Waals surface area contributed by atoms with Gasteiger partial charge in [0, 0.05) is 15.1 Å². The number of aromatic nitrogens is 2. The van der Waals surface area contributed by atoms with Gasteiger partial charge in [0.05, 0.1) is 15.9 Å². The van der Waals surface area contributed by atoms with Crippen molar-refractivity contribution in [1.29, 1.82) is 0 Å². The van der Waals surface area contributed by atoms with E-state index in [0.717, 1.165) is 26.3 Å². The summed E-state index contributed by atoms with van der Waals surface area (Å²) in [5.41, 5.74) is 2.03. The summed E-state index contributed by atoms with van der Waals surface area (Å²) >= 11 is 7.69. The molecule has 2 heterocycles. The van der Waals surface area contributed by atoms with E-state index in [1.807, 2.05) is 25.1 Å². The van der Waals surface area contributed by atoms with Crippen LogP contribution in [0.4, 0.5) is 0 Å². The van der Waals surface area contributed by atoms with E-state index < -0.39 is 0 Å². The average Bonchev–Trinajstić information content (AvgIpc) is 2.58. The van der Waals surface area contributed by atoms with Gasteiger partial charge in [0.1, 0.15) is 6.33 Å². The van der Waals surface area contributed by atoms with Crippen LogP contribution in [0.5, 0.6) is 0 Å². The van der Waals surface area contributed by atoms with Crippen molar-refractivity contribution in [2.24, 2.45) is 0 Å². The first-order valence-electron chi connectivity index (χ1n) is 4.55. The van der Waals surface area contributed by atoms with Gasteiger partial charge in [0.25, 0.3) is 0 Å². The minimum atomic E-state index is 0.749. The number of halogens is 1. The Kier molecular flexibility index (Phi) is 1.90. The van der Waals surface area contributed by atoms with Crippen LogP contribution in [0.25, 0.3) is 20.3 Å². The number of hydrogen-bond donors (Lipinski definition) is 0. The van der Waals surface area contributed by atoms with Crippen LogP contribution in [-0.2, 0) is 0 Å². The Morgan fingerprint density at radius 2 is 2.13 bits per heavy atom. The van der Waals surface area contributed by atoms with E-state index in [1.165, 1.54) is 4.70 Å². The second kappa shape index (κ2) is 3.15. The van der Waals surface area contributed by atoms with Gasteiger partial charge < -0.3 is 0 Å². The second-order valence-electron chi connectivity index (χ2n) is 3.38. The lowest BCUT2D eigenvalue weighted by molar-refractivity contribution is 1.16. The van der Waals surface area contributed by atoms with Gasteiger partial charge in [-0.1, -0.05) is 11.6 Å². The van der Waals surface area contributed by atoms with Crippen molar-refractivity contribution in [2.75, 3.05) is 0 Å². The van der Waals surface area contributed by atoms with Crippen LogP contribution in [0.15, 0.2) is 24.5 Å². The van der Waals surface area contributed by atoms with Crippen LogP contribution in [0.1, 0.15) is 5.69 Å². The molecule has 0 saturated carbocycles. The third-order valence-corrected chi connectivity index (χ3v) is 3.89. The van der Waals surface area contributed by atoms with Crippen LogP contribution in [0.3, 0.4) is 0 Å². The number of fused-ring (bicyclic) bond motifs is 3. The molecule has 0 radical (unpaired) electrons. The summed E-state index contributed by atoms with van der Waals surface area (Å²) in [6, 6.07) is 5.90. The minimum Gasteiger partial charge on any atom is -0.240 e. The van der Waals surface area contributed by atoms with Gasteiger partial charge in [0.15, 0.2) is 0 Å². The number of nitrogens with zero attached hydrogens (tertiary/aromatic N) is 2. The molecular weight excluding hydrogens is 228 g/mol. The summed E-state index contributed by atoms with van der Waals surface area (Å²) in [6.07, 6.45) is 1.60.